The highest BCUT2D eigenvalue weighted by molar-refractivity contribution is 7.20. The third kappa shape index (κ3) is 3.42. The quantitative estimate of drug-likeness (QED) is 0.295. The van der Waals surface area contributed by atoms with Crippen molar-refractivity contribution >= 4 is 53.9 Å². The Labute approximate surface area is 199 Å². The van der Waals surface area contributed by atoms with E-state index in [1.54, 1.807) is 16.2 Å². The lowest BCUT2D eigenvalue weighted by Crippen LogP contribution is -2.29. The molecule has 1 aliphatic heterocycles. The Bertz CT molecular complexity index is 1590. The Balaban J connectivity index is 1.12. The van der Waals surface area contributed by atoms with Gasteiger partial charge in [0.05, 0.1) is 10.2 Å². The van der Waals surface area contributed by atoms with Crippen LogP contribution < -0.4 is 4.74 Å². The van der Waals surface area contributed by atoms with Crippen molar-refractivity contribution in [3.63, 3.8) is 0 Å². The maximum Gasteiger partial charge on any atom is 0.279 e. The standard InChI is InChI=1S/C27H21N3OS2/c1-3-7-24-20(5-1)21-16-30(12-11-25(21)32-24)15-17-14-28-23-13-18(9-10-19(17)23)31-27-29-22-6-2-4-8-26(22)33-27/h1-10,13-14,28H,11-12,15-16H2. The normalized spacial score (nSPS) is 14.3. The number of hydrogen-bond donors (Lipinski definition) is 1. The Morgan fingerprint density at radius 1 is 0.939 bits per heavy atom. The minimum Gasteiger partial charge on any atom is -0.431 e. The highest BCUT2D eigenvalue weighted by atomic mass is 32.1. The summed E-state index contributed by atoms with van der Waals surface area (Å²) >= 11 is 3.54. The maximum absolute atomic E-state index is 6.08. The number of hydrogen-bond acceptors (Lipinski definition) is 5. The summed E-state index contributed by atoms with van der Waals surface area (Å²) in [4.78, 5) is 12.2. The number of fused-ring (bicyclic) bond motifs is 5. The second-order valence-corrected chi connectivity index (χ2v) is 10.7. The average Bonchev–Trinajstić information content (AvgIpc) is 3.53. The van der Waals surface area contributed by atoms with Crippen molar-refractivity contribution in [2.24, 2.45) is 0 Å². The van der Waals surface area contributed by atoms with Crippen LogP contribution >= 0.6 is 22.7 Å². The summed E-state index contributed by atoms with van der Waals surface area (Å²) in [5.74, 6) is 0.808. The fourth-order valence-electron chi connectivity index (χ4n) is 4.82. The molecule has 0 radical (unpaired) electrons. The zero-order valence-electron chi connectivity index (χ0n) is 17.9. The molecule has 0 bridgehead atoms. The Hall–Kier alpha value is -3.19. The Morgan fingerprint density at radius 2 is 1.82 bits per heavy atom. The Kier molecular flexibility index (Phi) is 4.50. The van der Waals surface area contributed by atoms with Crippen molar-refractivity contribution in [2.45, 2.75) is 19.5 Å². The molecule has 33 heavy (non-hydrogen) atoms. The molecule has 1 N–H and O–H groups in total. The number of aromatic amines is 1. The van der Waals surface area contributed by atoms with E-state index in [9.17, 15) is 0 Å². The number of nitrogens with one attached hydrogen (secondary N) is 1. The summed E-state index contributed by atoms with van der Waals surface area (Å²) in [6.07, 6.45) is 3.28. The van der Waals surface area contributed by atoms with Gasteiger partial charge in [-0.3, -0.25) is 4.90 Å². The molecule has 3 aromatic carbocycles. The number of ether oxygens (including phenoxy) is 1. The number of thiophene rings is 1. The van der Waals surface area contributed by atoms with Crippen molar-refractivity contribution in [1.29, 1.82) is 0 Å². The highest BCUT2D eigenvalue weighted by Gasteiger charge is 2.21. The van der Waals surface area contributed by atoms with Gasteiger partial charge in [0.25, 0.3) is 5.19 Å². The molecule has 0 saturated heterocycles. The Morgan fingerprint density at radius 3 is 2.76 bits per heavy atom. The van der Waals surface area contributed by atoms with Crippen LogP contribution in [0.5, 0.6) is 10.9 Å². The third-order valence-electron chi connectivity index (χ3n) is 6.43. The van der Waals surface area contributed by atoms with Gasteiger partial charge in [-0.15, -0.1) is 11.3 Å². The van der Waals surface area contributed by atoms with Gasteiger partial charge in [0.1, 0.15) is 5.75 Å². The van der Waals surface area contributed by atoms with Gasteiger partial charge in [-0.1, -0.05) is 41.7 Å². The number of nitrogens with zero attached hydrogens (tertiary/aromatic N) is 2. The number of H-pyrrole nitrogens is 1. The van der Waals surface area contributed by atoms with Crippen molar-refractivity contribution in [3.8, 4) is 10.9 Å². The van der Waals surface area contributed by atoms with Crippen LogP contribution in [0, 0.1) is 0 Å². The van der Waals surface area contributed by atoms with E-state index in [4.69, 9.17) is 4.74 Å². The lowest BCUT2D eigenvalue weighted by molar-refractivity contribution is 0.249. The van der Waals surface area contributed by atoms with Gasteiger partial charge in [0.15, 0.2) is 0 Å². The molecular weight excluding hydrogens is 446 g/mol. The topological polar surface area (TPSA) is 41.1 Å². The summed E-state index contributed by atoms with van der Waals surface area (Å²) in [5, 5.41) is 3.36. The van der Waals surface area contributed by atoms with E-state index in [1.165, 1.54) is 26.6 Å². The molecule has 1 aliphatic rings. The zero-order chi connectivity index (χ0) is 21.8. The van der Waals surface area contributed by atoms with E-state index in [0.717, 1.165) is 47.5 Å². The van der Waals surface area contributed by atoms with Crippen LogP contribution in [0.4, 0.5) is 0 Å². The van der Waals surface area contributed by atoms with Crippen LogP contribution in [0.2, 0.25) is 0 Å². The predicted molar refractivity (Wildman–Crippen MR) is 138 cm³/mol. The fraction of sp³-hybridized carbons (Fsp3) is 0.148. The number of para-hydroxylation sites is 1. The number of thiazole rings is 1. The van der Waals surface area contributed by atoms with E-state index in [-0.39, 0.29) is 0 Å². The minimum atomic E-state index is 0.675. The number of benzene rings is 3. The molecule has 162 valence electrons. The molecule has 0 fully saturated rings. The van der Waals surface area contributed by atoms with Gasteiger partial charge in [0.2, 0.25) is 0 Å². The molecule has 7 rings (SSSR count). The van der Waals surface area contributed by atoms with E-state index in [1.807, 2.05) is 35.6 Å². The zero-order valence-corrected chi connectivity index (χ0v) is 19.5. The van der Waals surface area contributed by atoms with Crippen LogP contribution in [-0.4, -0.2) is 21.4 Å². The molecule has 6 aromatic rings. The van der Waals surface area contributed by atoms with Gasteiger partial charge in [0, 0.05) is 52.4 Å². The van der Waals surface area contributed by atoms with Gasteiger partial charge in [-0.25, -0.2) is 4.98 Å². The van der Waals surface area contributed by atoms with Crippen LogP contribution in [0.15, 0.2) is 72.9 Å². The van der Waals surface area contributed by atoms with Crippen molar-refractivity contribution < 1.29 is 4.74 Å². The lowest BCUT2D eigenvalue weighted by atomic mass is 10.0. The predicted octanol–water partition coefficient (Wildman–Crippen LogP) is 7.34. The SMILES string of the molecule is c1ccc2sc(Oc3ccc4c(CN5CCc6sc7ccccc7c6C5)c[nH]c4c3)nc2c1. The summed E-state index contributed by atoms with van der Waals surface area (Å²) < 4.78 is 8.63. The third-order valence-corrected chi connectivity index (χ3v) is 8.62. The molecule has 0 amide bonds. The molecule has 0 spiro atoms. The van der Waals surface area contributed by atoms with E-state index in [2.05, 4.69) is 63.5 Å². The van der Waals surface area contributed by atoms with Gasteiger partial charge < -0.3 is 9.72 Å². The van der Waals surface area contributed by atoms with Gasteiger partial charge in [-0.2, -0.15) is 0 Å². The molecule has 4 heterocycles. The number of rotatable bonds is 4. The first kappa shape index (κ1) is 19.3. The highest BCUT2D eigenvalue weighted by Crippen LogP contribution is 2.36. The molecule has 4 nitrogen and oxygen atoms in total. The van der Waals surface area contributed by atoms with Crippen molar-refractivity contribution in [3.05, 3.63) is 88.9 Å². The van der Waals surface area contributed by atoms with Gasteiger partial charge >= 0.3 is 0 Å². The van der Waals surface area contributed by atoms with Crippen LogP contribution in [-0.2, 0) is 19.5 Å². The second kappa shape index (κ2) is 7.70. The molecule has 0 unspecified atom stereocenters. The first-order valence-electron chi connectivity index (χ1n) is 11.2. The van der Waals surface area contributed by atoms with Crippen molar-refractivity contribution in [2.75, 3.05) is 6.54 Å². The molecular formula is C27H21N3OS2. The first-order chi connectivity index (χ1) is 16.3. The van der Waals surface area contributed by atoms with E-state index < -0.39 is 0 Å². The molecule has 6 heteroatoms. The van der Waals surface area contributed by atoms with E-state index >= 15 is 0 Å². The average molecular weight is 468 g/mol. The summed E-state index contributed by atoms with van der Waals surface area (Å²) in [7, 11) is 0. The smallest absolute Gasteiger partial charge is 0.279 e. The number of aromatic nitrogens is 2. The first-order valence-corrected chi connectivity index (χ1v) is 12.8. The van der Waals surface area contributed by atoms with E-state index in [0.29, 0.717) is 5.19 Å². The second-order valence-electron chi connectivity index (χ2n) is 8.53. The fourth-order valence-corrected chi connectivity index (χ4v) is 6.86. The monoisotopic (exact) mass is 467 g/mol. The largest absolute Gasteiger partial charge is 0.431 e. The van der Waals surface area contributed by atoms with Crippen molar-refractivity contribution in [1.82, 2.24) is 14.9 Å². The van der Waals surface area contributed by atoms with Crippen LogP contribution in [0.3, 0.4) is 0 Å². The molecule has 0 atom stereocenters. The van der Waals surface area contributed by atoms with Crippen LogP contribution in [0.25, 0.3) is 31.2 Å². The summed E-state index contributed by atoms with van der Waals surface area (Å²) in [6, 6.07) is 23.2. The summed E-state index contributed by atoms with van der Waals surface area (Å²) in [6.45, 7) is 3.07. The molecule has 0 aliphatic carbocycles. The molecule has 0 saturated carbocycles. The maximum atomic E-state index is 6.08. The lowest BCUT2D eigenvalue weighted by Gasteiger charge is -2.26. The van der Waals surface area contributed by atoms with Gasteiger partial charge in [-0.05, 0) is 53.3 Å². The molecule has 3 aromatic heterocycles. The minimum absolute atomic E-state index is 0.675. The van der Waals surface area contributed by atoms with Crippen LogP contribution in [0.1, 0.15) is 16.0 Å². The summed E-state index contributed by atoms with van der Waals surface area (Å²) in [5.41, 5.74) is 4.93.